The fraction of sp³-hybridized carbons (Fsp3) is 0.122. The second-order valence-electron chi connectivity index (χ2n) is 13.2. The highest BCUT2D eigenvalue weighted by Crippen LogP contribution is 2.30. The molecule has 0 saturated heterocycles. The molecule has 7 nitrogen and oxygen atoms in total. The molecule has 0 aliphatic rings. The first kappa shape index (κ1) is 37.3. The van der Waals surface area contributed by atoms with Gasteiger partial charge in [0, 0.05) is 23.8 Å². The van der Waals surface area contributed by atoms with Crippen molar-refractivity contribution in [2.45, 2.75) is 39.6 Å². The maximum absolute atomic E-state index is 12.0. The summed E-state index contributed by atoms with van der Waals surface area (Å²) in [5, 5.41) is 0. The lowest BCUT2D eigenvalue weighted by Gasteiger charge is -2.15. The lowest BCUT2D eigenvalue weighted by molar-refractivity contribution is 0.112. The van der Waals surface area contributed by atoms with Crippen LogP contribution in [-0.4, -0.2) is 6.29 Å². The van der Waals surface area contributed by atoms with E-state index in [0.717, 1.165) is 39.7 Å². The molecule has 0 spiro atoms. The van der Waals surface area contributed by atoms with Gasteiger partial charge in [-0.05, 0) is 69.8 Å². The zero-order valence-electron chi connectivity index (χ0n) is 30.9. The average molecular weight is 743 g/mol. The van der Waals surface area contributed by atoms with E-state index in [1.807, 2.05) is 158 Å². The van der Waals surface area contributed by atoms with Crippen molar-refractivity contribution in [1.29, 1.82) is 0 Å². The summed E-state index contributed by atoms with van der Waals surface area (Å²) in [6.45, 7) is 2.05. The van der Waals surface area contributed by atoms with Crippen molar-refractivity contribution < 1.29 is 33.2 Å². The molecule has 0 bridgehead atoms. The van der Waals surface area contributed by atoms with E-state index in [4.69, 9.17) is 28.4 Å². The Balaban J connectivity index is 1.05. The van der Waals surface area contributed by atoms with Gasteiger partial charge in [-0.1, -0.05) is 121 Å². The molecule has 7 rings (SSSR count). The van der Waals surface area contributed by atoms with Gasteiger partial charge in [0.05, 0.1) is 0 Å². The van der Waals surface area contributed by atoms with Crippen LogP contribution in [0.1, 0.15) is 43.7 Å². The highest BCUT2D eigenvalue weighted by Gasteiger charge is 2.11. The summed E-state index contributed by atoms with van der Waals surface area (Å²) >= 11 is 0. The van der Waals surface area contributed by atoms with Gasteiger partial charge in [0.15, 0.2) is 0 Å². The van der Waals surface area contributed by atoms with Crippen LogP contribution in [0.4, 0.5) is 0 Å². The molecular formula is C49H42O7. The maximum Gasteiger partial charge on any atom is 0.150 e. The largest absolute Gasteiger partial charge is 0.489 e. The Morgan fingerprint density at radius 3 is 0.768 bits per heavy atom. The van der Waals surface area contributed by atoms with Gasteiger partial charge < -0.3 is 28.4 Å². The van der Waals surface area contributed by atoms with Crippen molar-refractivity contribution in [3.05, 3.63) is 215 Å². The number of rotatable bonds is 19. The Bertz CT molecular complexity index is 2000. The number of ether oxygens (including phenoxy) is 6. The van der Waals surface area contributed by atoms with E-state index in [0.29, 0.717) is 66.5 Å². The third-order valence-corrected chi connectivity index (χ3v) is 8.72. The first-order valence-corrected chi connectivity index (χ1v) is 18.4. The van der Waals surface area contributed by atoms with E-state index in [1.54, 1.807) is 18.2 Å². The summed E-state index contributed by atoms with van der Waals surface area (Å²) in [7, 11) is 0. The standard InChI is InChI=1S/C49H42O7/c50-30-41-21-44(55-35-42-23-46(51-31-37-13-5-1-6-14-37)28-47(24-42)52-32-38-15-7-2-8-16-38)27-45(22-41)56-36-43-25-48(53-33-39-17-9-3-10-18-39)29-49(26-43)54-34-40-19-11-4-12-20-40/h1-30H,31-36H2. The van der Waals surface area contributed by atoms with E-state index in [-0.39, 0.29) is 13.2 Å². The predicted octanol–water partition coefficient (Wildman–Crippen LogP) is 11.0. The molecule has 56 heavy (non-hydrogen) atoms. The molecule has 0 amide bonds. The molecule has 0 radical (unpaired) electrons. The van der Waals surface area contributed by atoms with Gasteiger partial charge in [-0.3, -0.25) is 4.79 Å². The first-order chi connectivity index (χ1) is 27.6. The van der Waals surface area contributed by atoms with Crippen LogP contribution in [0, 0.1) is 0 Å². The van der Waals surface area contributed by atoms with Crippen LogP contribution in [0.2, 0.25) is 0 Å². The van der Waals surface area contributed by atoms with Gasteiger partial charge in [-0.25, -0.2) is 0 Å². The van der Waals surface area contributed by atoms with Gasteiger partial charge in [0.1, 0.15) is 80.4 Å². The lowest BCUT2D eigenvalue weighted by atomic mass is 10.2. The van der Waals surface area contributed by atoms with Gasteiger partial charge in [-0.15, -0.1) is 0 Å². The predicted molar refractivity (Wildman–Crippen MR) is 216 cm³/mol. The van der Waals surface area contributed by atoms with Crippen LogP contribution in [0.3, 0.4) is 0 Å². The lowest BCUT2D eigenvalue weighted by Crippen LogP contribution is -2.03. The molecule has 0 unspecified atom stereocenters. The molecule has 0 saturated carbocycles. The van der Waals surface area contributed by atoms with E-state index in [9.17, 15) is 4.79 Å². The monoisotopic (exact) mass is 742 g/mol. The normalized spacial score (nSPS) is 10.6. The minimum atomic E-state index is 0.203. The molecule has 7 heteroatoms. The van der Waals surface area contributed by atoms with Crippen molar-refractivity contribution in [3.63, 3.8) is 0 Å². The third-order valence-electron chi connectivity index (χ3n) is 8.72. The van der Waals surface area contributed by atoms with Gasteiger partial charge in [0.25, 0.3) is 0 Å². The Kier molecular flexibility index (Phi) is 12.9. The molecular weight excluding hydrogens is 701 g/mol. The summed E-state index contributed by atoms with van der Waals surface area (Å²) in [6.07, 6.45) is 0.779. The van der Waals surface area contributed by atoms with Crippen molar-refractivity contribution >= 4 is 6.29 Å². The topological polar surface area (TPSA) is 72.5 Å². The molecule has 0 N–H and O–H groups in total. The van der Waals surface area contributed by atoms with Crippen molar-refractivity contribution in [1.82, 2.24) is 0 Å². The smallest absolute Gasteiger partial charge is 0.150 e. The Labute approximate surface area is 327 Å². The van der Waals surface area contributed by atoms with E-state index >= 15 is 0 Å². The minimum Gasteiger partial charge on any atom is -0.489 e. The summed E-state index contributed by atoms with van der Waals surface area (Å²) in [5.74, 6) is 3.60. The van der Waals surface area contributed by atoms with Crippen molar-refractivity contribution in [2.24, 2.45) is 0 Å². The van der Waals surface area contributed by atoms with Crippen LogP contribution >= 0.6 is 0 Å². The number of carbonyl (C=O) groups is 1. The van der Waals surface area contributed by atoms with Crippen molar-refractivity contribution in [2.75, 3.05) is 0 Å². The quantitative estimate of drug-likeness (QED) is 0.0764. The van der Waals surface area contributed by atoms with E-state index < -0.39 is 0 Å². The van der Waals surface area contributed by atoms with Gasteiger partial charge >= 0.3 is 0 Å². The maximum atomic E-state index is 12.0. The number of benzene rings is 7. The second-order valence-corrected chi connectivity index (χ2v) is 13.2. The van der Waals surface area contributed by atoms with Gasteiger partial charge in [-0.2, -0.15) is 0 Å². The SMILES string of the molecule is O=Cc1cc(OCc2cc(OCc3ccccc3)cc(OCc3ccccc3)c2)cc(OCc2cc(OCc3ccccc3)cc(OCc3ccccc3)c2)c1. The summed E-state index contributed by atoms with van der Waals surface area (Å²) < 4.78 is 37.2. The number of aldehydes is 1. The molecule has 0 heterocycles. The Morgan fingerprint density at radius 1 is 0.286 bits per heavy atom. The van der Waals surface area contributed by atoms with E-state index in [1.165, 1.54) is 0 Å². The average Bonchev–Trinajstić information content (AvgIpc) is 3.26. The molecule has 0 fully saturated rings. The van der Waals surface area contributed by atoms with Gasteiger partial charge in [0.2, 0.25) is 0 Å². The fourth-order valence-corrected chi connectivity index (χ4v) is 5.89. The summed E-state index contributed by atoms with van der Waals surface area (Å²) in [5.41, 5.74) is 6.34. The molecule has 7 aromatic rings. The molecule has 0 atom stereocenters. The molecule has 0 aliphatic heterocycles. The summed E-state index contributed by atoms with van der Waals surface area (Å²) in [6, 6.07) is 56.6. The molecule has 280 valence electrons. The molecule has 0 aliphatic carbocycles. The zero-order chi connectivity index (χ0) is 38.2. The summed E-state index contributed by atoms with van der Waals surface area (Å²) in [4.78, 5) is 12.0. The number of carbonyl (C=O) groups excluding carboxylic acids is 1. The first-order valence-electron chi connectivity index (χ1n) is 18.4. The fourth-order valence-electron chi connectivity index (χ4n) is 5.89. The molecule has 0 aromatic heterocycles. The molecule has 7 aromatic carbocycles. The number of hydrogen-bond acceptors (Lipinski definition) is 7. The third kappa shape index (κ3) is 11.5. The van der Waals surface area contributed by atoms with Crippen LogP contribution < -0.4 is 28.4 Å². The second kappa shape index (κ2) is 19.4. The van der Waals surface area contributed by atoms with Crippen LogP contribution in [0.25, 0.3) is 0 Å². The van der Waals surface area contributed by atoms with Crippen LogP contribution in [0.15, 0.2) is 176 Å². The number of hydrogen-bond donors (Lipinski definition) is 0. The Morgan fingerprint density at radius 2 is 0.518 bits per heavy atom. The Hall–Kier alpha value is -6.99. The van der Waals surface area contributed by atoms with Crippen LogP contribution in [0.5, 0.6) is 34.5 Å². The van der Waals surface area contributed by atoms with E-state index in [2.05, 4.69) is 0 Å². The minimum absolute atomic E-state index is 0.203. The highest BCUT2D eigenvalue weighted by molar-refractivity contribution is 5.76. The highest BCUT2D eigenvalue weighted by atomic mass is 16.5. The zero-order valence-corrected chi connectivity index (χ0v) is 30.9. The van der Waals surface area contributed by atoms with Crippen LogP contribution in [-0.2, 0) is 39.6 Å². The van der Waals surface area contributed by atoms with Crippen molar-refractivity contribution in [3.8, 4) is 34.5 Å².